The standard InChI is InChI=1S/C14H23F3N4O/c1-11-7-19(5-6-20(11)8-12(2)22)9-13-18-3-4-21(13)10-14(15,16)17/h3-4,11-12,22H,5-10H2,1-2H3/t11-,12-/m1/s1. The van der Waals surface area contributed by atoms with E-state index >= 15 is 0 Å². The average molecular weight is 320 g/mol. The van der Waals surface area contributed by atoms with Gasteiger partial charge < -0.3 is 9.67 Å². The second kappa shape index (κ2) is 6.97. The van der Waals surface area contributed by atoms with Gasteiger partial charge in [0.25, 0.3) is 0 Å². The van der Waals surface area contributed by atoms with Crippen LogP contribution < -0.4 is 0 Å². The number of hydrogen-bond acceptors (Lipinski definition) is 4. The number of aliphatic hydroxyl groups is 1. The van der Waals surface area contributed by atoms with E-state index in [-0.39, 0.29) is 12.1 Å². The monoisotopic (exact) mass is 320 g/mol. The van der Waals surface area contributed by atoms with Crippen LogP contribution in [0.4, 0.5) is 13.2 Å². The lowest BCUT2D eigenvalue weighted by atomic mass is 10.1. The first-order valence-electron chi connectivity index (χ1n) is 7.46. The van der Waals surface area contributed by atoms with Gasteiger partial charge in [-0.2, -0.15) is 13.2 Å². The first-order chi connectivity index (χ1) is 10.2. The lowest BCUT2D eigenvalue weighted by Crippen LogP contribution is -2.53. The molecule has 2 atom stereocenters. The maximum absolute atomic E-state index is 12.5. The Hall–Kier alpha value is -1.12. The van der Waals surface area contributed by atoms with Crippen LogP contribution in [-0.2, 0) is 13.1 Å². The van der Waals surface area contributed by atoms with Crippen LogP contribution in [0.15, 0.2) is 12.4 Å². The zero-order valence-corrected chi connectivity index (χ0v) is 12.9. The Bertz CT molecular complexity index is 475. The van der Waals surface area contributed by atoms with Crippen molar-refractivity contribution in [1.82, 2.24) is 19.4 Å². The molecule has 1 aromatic rings. The maximum atomic E-state index is 12.5. The smallest absolute Gasteiger partial charge is 0.392 e. The molecule has 0 bridgehead atoms. The number of alkyl halides is 3. The second-order valence-electron chi connectivity index (χ2n) is 6.01. The van der Waals surface area contributed by atoms with E-state index in [9.17, 15) is 18.3 Å². The van der Waals surface area contributed by atoms with Gasteiger partial charge in [0.2, 0.25) is 0 Å². The fourth-order valence-electron chi connectivity index (χ4n) is 2.85. The summed E-state index contributed by atoms with van der Waals surface area (Å²) in [6.07, 6.45) is -1.83. The minimum Gasteiger partial charge on any atom is -0.392 e. The summed E-state index contributed by atoms with van der Waals surface area (Å²) in [5.74, 6) is 0.438. The highest BCUT2D eigenvalue weighted by Gasteiger charge is 2.30. The molecule has 2 rings (SSSR count). The molecule has 0 spiro atoms. The minimum absolute atomic E-state index is 0.259. The summed E-state index contributed by atoms with van der Waals surface area (Å²) < 4.78 is 38.7. The van der Waals surface area contributed by atoms with Gasteiger partial charge in [-0.3, -0.25) is 9.80 Å². The van der Waals surface area contributed by atoms with E-state index in [0.717, 1.165) is 24.2 Å². The van der Waals surface area contributed by atoms with Crippen LogP contribution in [-0.4, -0.2) is 69.0 Å². The number of aliphatic hydroxyl groups excluding tert-OH is 1. The molecule has 0 saturated carbocycles. The van der Waals surface area contributed by atoms with Crippen LogP contribution in [0.25, 0.3) is 0 Å². The van der Waals surface area contributed by atoms with Crippen molar-refractivity contribution in [2.24, 2.45) is 0 Å². The maximum Gasteiger partial charge on any atom is 0.406 e. The number of imidazole rings is 1. The summed E-state index contributed by atoms with van der Waals surface area (Å²) in [7, 11) is 0. The van der Waals surface area contributed by atoms with E-state index in [1.54, 1.807) is 6.92 Å². The zero-order chi connectivity index (χ0) is 16.3. The summed E-state index contributed by atoms with van der Waals surface area (Å²) in [6.45, 7) is 6.17. The number of nitrogens with zero attached hydrogens (tertiary/aromatic N) is 4. The fraction of sp³-hybridized carbons (Fsp3) is 0.786. The third kappa shape index (κ3) is 4.96. The molecule has 0 radical (unpaired) electrons. The highest BCUT2D eigenvalue weighted by atomic mass is 19.4. The summed E-state index contributed by atoms with van der Waals surface area (Å²) in [6, 6.07) is 0.259. The number of β-amino-alcohol motifs (C(OH)–C–C–N with tert-alkyl or cyclic N) is 1. The van der Waals surface area contributed by atoms with Crippen LogP contribution in [0.5, 0.6) is 0 Å². The van der Waals surface area contributed by atoms with Crippen molar-refractivity contribution >= 4 is 0 Å². The van der Waals surface area contributed by atoms with Crippen LogP contribution >= 0.6 is 0 Å². The molecule has 0 aliphatic carbocycles. The molecule has 126 valence electrons. The molecule has 22 heavy (non-hydrogen) atoms. The Balaban J connectivity index is 1.92. The van der Waals surface area contributed by atoms with Crippen molar-refractivity contribution in [3.05, 3.63) is 18.2 Å². The van der Waals surface area contributed by atoms with E-state index in [4.69, 9.17) is 0 Å². The van der Waals surface area contributed by atoms with Gasteiger partial charge in [0.15, 0.2) is 0 Å². The Morgan fingerprint density at radius 3 is 2.73 bits per heavy atom. The molecular weight excluding hydrogens is 297 g/mol. The predicted octanol–water partition coefficient (Wildman–Crippen LogP) is 1.33. The molecule has 0 amide bonds. The number of piperazine rings is 1. The van der Waals surface area contributed by atoms with Gasteiger partial charge in [-0.25, -0.2) is 4.98 Å². The molecule has 1 saturated heterocycles. The minimum atomic E-state index is -4.24. The molecule has 1 N–H and O–H groups in total. The van der Waals surface area contributed by atoms with Crippen LogP contribution in [0.2, 0.25) is 0 Å². The molecule has 1 aliphatic heterocycles. The van der Waals surface area contributed by atoms with Gasteiger partial charge in [0.1, 0.15) is 12.4 Å². The summed E-state index contributed by atoms with van der Waals surface area (Å²) >= 11 is 0. The number of rotatable bonds is 5. The largest absolute Gasteiger partial charge is 0.406 e. The average Bonchev–Trinajstić information content (AvgIpc) is 2.77. The summed E-state index contributed by atoms with van der Waals surface area (Å²) in [5, 5.41) is 9.47. The Morgan fingerprint density at radius 2 is 2.14 bits per heavy atom. The Labute approximate surface area is 128 Å². The van der Waals surface area contributed by atoms with Crippen molar-refractivity contribution in [3.63, 3.8) is 0 Å². The van der Waals surface area contributed by atoms with Gasteiger partial charge in [-0.1, -0.05) is 0 Å². The quantitative estimate of drug-likeness (QED) is 0.889. The normalized spacial score (nSPS) is 22.9. The van der Waals surface area contributed by atoms with Gasteiger partial charge >= 0.3 is 6.18 Å². The third-order valence-corrected chi connectivity index (χ3v) is 3.86. The van der Waals surface area contributed by atoms with E-state index in [1.165, 1.54) is 12.4 Å². The topological polar surface area (TPSA) is 44.5 Å². The zero-order valence-electron chi connectivity index (χ0n) is 12.9. The van der Waals surface area contributed by atoms with Crippen molar-refractivity contribution in [2.45, 2.75) is 45.3 Å². The molecule has 5 nitrogen and oxygen atoms in total. The summed E-state index contributed by atoms with van der Waals surface area (Å²) in [4.78, 5) is 8.36. The van der Waals surface area contributed by atoms with E-state index < -0.39 is 12.7 Å². The van der Waals surface area contributed by atoms with Crippen LogP contribution in [0, 0.1) is 0 Å². The van der Waals surface area contributed by atoms with Crippen molar-refractivity contribution in [3.8, 4) is 0 Å². The number of aromatic nitrogens is 2. The number of hydrogen-bond donors (Lipinski definition) is 1. The second-order valence-corrected chi connectivity index (χ2v) is 6.01. The van der Waals surface area contributed by atoms with Crippen LogP contribution in [0.3, 0.4) is 0 Å². The third-order valence-electron chi connectivity index (χ3n) is 3.86. The van der Waals surface area contributed by atoms with Gasteiger partial charge in [-0.15, -0.1) is 0 Å². The number of halogens is 3. The highest BCUT2D eigenvalue weighted by molar-refractivity contribution is 4.94. The van der Waals surface area contributed by atoms with Crippen LogP contribution in [0.1, 0.15) is 19.7 Å². The van der Waals surface area contributed by atoms with Gasteiger partial charge in [-0.05, 0) is 13.8 Å². The highest BCUT2D eigenvalue weighted by Crippen LogP contribution is 2.19. The lowest BCUT2D eigenvalue weighted by Gasteiger charge is -2.40. The molecule has 2 heterocycles. The van der Waals surface area contributed by atoms with E-state index in [0.29, 0.717) is 18.9 Å². The van der Waals surface area contributed by atoms with Crippen molar-refractivity contribution in [2.75, 3.05) is 26.2 Å². The molecule has 0 aromatic carbocycles. The van der Waals surface area contributed by atoms with E-state index in [2.05, 4.69) is 21.7 Å². The van der Waals surface area contributed by atoms with Gasteiger partial charge in [0, 0.05) is 44.6 Å². The lowest BCUT2D eigenvalue weighted by molar-refractivity contribution is -0.141. The predicted molar refractivity (Wildman–Crippen MR) is 76.3 cm³/mol. The molecular formula is C14H23F3N4O. The molecule has 0 unspecified atom stereocenters. The van der Waals surface area contributed by atoms with Crippen molar-refractivity contribution < 1.29 is 18.3 Å². The molecule has 8 heteroatoms. The van der Waals surface area contributed by atoms with Gasteiger partial charge in [0.05, 0.1) is 12.6 Å². The molecule has 1 aromatic heterocycles. The fourth-order valence-corrected chi connectivity index (χ4v) is 2.85. The Kier molecular flexibility index (Phi) is 5.46. The first kappa shape index (κ1) is 17.2. The van der Waals surface area contributed by atoms with Crippen molar-refractivity contribution in [1.29, 1.82) is 0 Å². The molecule has 1 aliphatic rings. The SMILES string of the molecule is C[C@@H]1CN(Cc2nccn2CC(F)(F)F)CCN1C[C@@H](C)O. The molecule has 1 fully saturated rings. The first-order valence-corrected chi connectivity index (χ1v) is 7.46. The Morgan fingerprint density at radius 1 is 1.41 bits per heavy atom. The van der Waals surface area contributed by atoms with E-state index in [1.807, 2.05) is 0 Å². The summed E-state index contributed by atoms with van der Waals surface area (Å²) in [5.41, 5.74) is 0.